The first kappa shape index (κ1) is 17.2. The minimum absolute atomic E-state index is 0.0315. The van der Waals surface area contributed by atoms with Gasteiger partial charge >= 0.3 is 0 Å². The van der Waals surface area contributed by atoms with E-state index < -0.39 is 0 Å². The van der Waals surface area contributed by atoms with Crippen molar-refractivity contribution in [1.29, 1.82) is 0 Å². The summed E-state index contributed by atoms with van der Waals surface area (Å²) < 4.78 is 0. The van der Waals surface area contributed by atoms with E-state index in [1.54, 1.807) is 26.2 Å². The summed E-state index contributed by atoms with van der Waals surface area (Å²) in [5.74, 6) is -0.0315. The molecule has 120 valence electrons. The first-order valence-electron chi connectivity index (χ1n) is 7.07. The molecule has 0 fully saturated rings. The first-order chi connectivity index (χ1) is 11.0. The second-order valence-electron chi connectivity index (χ2n) is 5.18. The van der Waals surface area contributed by atoms with E-state index in [0.29, 0.717) is 22.2 Å². The lowest BCUT2D eigenvalue weighted by molar-refractivity contribution is 0.0827. The summed E-state index contributed by atoms with van der Waals surface area (Å²) >= 11 is 11.4. The van der Waals surface area contributed by atoms with Crippen LogP contribution in [0.1, 0.15) is 15.9 Å². The zero-order valence-corrected chi connectivity index (χ0v) is 14.5. The quantitative estimate of drug-likeness (QED) is 0.830. The van der Waals surface area contributed by atoms with Gasteiger partial charge in [0.15, 0.2) is 5.11 Å². The van der Waals surface area contributed by atoms with Gasteiger partial charge in [-0.05, 0) is 48.1 Å². The van der Waals surface area contributed by atoms with Crippen LogP contribution in [0.2, 0.25) is 5.02 Å². The summed E-state index contributed by atoms with van der Waals surface area (Å²) in [5, 5.41) is 7.38. The van der Waals surface area contributed by atoms with Crippen LogP contribution in [-0.2, 0) is 6.54 Å². The van der Waals surface area contributed by atoms with Gasteiger partial charge in [-0.15, -0.1) is 0 Å². The van der Waals surface area contributed by atoms with Gasteiger partial charge in [0.25, 0.3) is 5.91 Å². The number of carbonyl (C=O) groups is 1. The second-order valence-corrected chi connectivity index (χ2v) is 5.99. The predicted octanol–water partition coefficient (Wildman–Crippen LogP) is 3.53. The highest BCUT2D eigenvalue weighted by Crippen LogP contribution is 2.15. The lowest BCUT2D eigenvalue weighted by atomic mass is 10.2. The van der Waals surface area contributed by atoms with Crippen LogP contribution in [0.25, 0.3) is 0 Å². The van der Waals surface area contributed by atoms with Gasteiger partial charge in [0.2, 0.25) is 0 Å². The summed E-state index contributed by atoms with van der Waals surface area (Å²) in [7, 11) is 3.45. The van der Waals surface area contributed by atoms with Crippen LogP contribution in [0.3, 0.4) is 0 Å². The summed E-state index contributed by atoms with van der Waals surface area (Å²) in [4.78, 5) is 13.4. The average molecular weight is 348 g/mol. The van der Waals surface area contributed by atoms with Gasteiger partial charge in [-0.2, -0.15) is 0 Å². The smallest absolute Gasteiger partial charge is 0.253 e. The molecule has 4 nitrogen and oxygen atoms in total. The maximum atomic E-state index is 11.8. The number of carbonyl (C=O) groups excluding carboxylic acids is 1. The van der Waals surface area contributed by atoms with Gasteiger partial charge in [-0.25, -0.2) is 0 Å². The molecule has 23 heavy (non-hydrogen) atoms. The molecular weight excluding hydrogens is 330 g/mol. The van der Waals surface area contributed by atoms with Crippen LogP contribution >= 0.6 is 23.8 Å². The standard InChI is InChI=1S/C17H18ClN3OS/c1-21(2)16(22)12-7-9-14(10-8-12)20-17(23)19-11-13-5-3-4-6-15(13)18/h3-10H,11H2,1-2H3,(H2,19,20,23). The molecule has 0 heterocycles. The Morgan fingerprint density at radius 3 is 2.39 bits per heavy atom. The van der Waals surface area contributed by atoms with Crippen LogP contribution in [-0.4, -0.2) is 30.0 Å². The van der Waals surface area contributed by atoms with Crippen LogP contribution in [0.5, 0.6) is 0 Å². The summed E-state index contributed by atoms with van der Waals surface area (Å²) in [6.07, 6.45) is 0. The molecular formula is C17H18ClN3OS. The third-order valence-corrected chi connectivity index (χ3v) is 3.81. The Morgan fingerprint density at radius 1 is 1.13 bits per heavy atom. The Hall–Kier alpha value is -2.11. The molecule has 0 aliphatic rings. The van der Waals surface area contributed by atoms with Crippen molar-refractivity contribution >= 4 is 40.5 Å². The van der Waals surface area contributed by atoms with Gasteiger partial charge in [0.1, 0.15) is 0 Å². The number of hydrogen-bond donors (Lipinski definition) is 2. The molecule has 0 spiro atoms. The number of thiocarbonyl (C=S) groups is 1. The molecule has 0 bridgehead atoms. The van der Waals surface area contributed by atoms with Gasteiger partial charge in [-0.1, -0.05) is 29.8 Å². The number of amides is 1. The van der Waals surface area contributed by atoms with Crippen molar-refractivity contribution in [2.75, 3.05) is 19.4 Å². The van der Waals surface area contributed by atoms with Crippen LogP contribution < -0.4 is 10.6 Å². The van der Waals surface area contributed by atoms with E-state index in [1.165, 1.54) is 4.90 Å². The van der Waals surface area contributed by atoms with Crippen LogP contribution in [0.4, 0.5) is 5.69 Å². The molecule has 0 aliphatic heterocycles. The van der Waals surface area contributed by atoms with E-state index in [-0.39, 0.29) is 5.91 Å². The number of hydrogen-bond acceptors (Lipinski definition) is 2. The maximum Gasteiger partial charge on any atom is 0.253 e. The SMILES string of the molecule is CN(C)C(=O)c1ccc(NC(=S)NCc2ccccc2Cl)cc1. The van der Waals surface area contributed by atoms with E-state index in [2.05, 4.69) is 10.6 Å². The molecule has 6 heteroatoms. The van der Waals surface area contributed by atoms with Gasteiger partial charge < -0.3 is 15.5 Å². The Bertz CT molecular complexity index is 701. The van der Waals surface area contributed by atoms with Crippen molar-refractivity contribution in [3.63, 3.8) is 0 Å². The molecule has 0 saturated heterocycles. The minimum atomic E-state index is -0.0315. The van der Waals surface area contributed by atoms with Crippen molar-refractivity contribution in [1.82, 2.24) is 10.2 Å². The maximum absolute atomic E-state index is 11.8. The minimum Gasteiger partial charge on any atom is -0.358 e. The lowest BCUT2D eigenvalue weighted by Crippen LogP contribution is -2.28. The van der Waals surface area contributed by atoms with Crippen LogP contribution in [0, 0.1) is 0 Å². The lowest BCUT2D eigenvalue weighted by Gasteiger charge is -2.13. The molecule has 1 amide bonds. The topological polar surface area (TPSA) is 44.4 Å². The number of benzene rings is 2. The predicted molar refractivity (Wildman–Crippen MR) is 99.0 cm³/mol. The first-order valence-corrected chi connectivity index (χ1v) is 7.86. The number of nitrogens with one attached hydrogen (secondary N) is 2. The third kappa shape index (κ3) is 4.94. The molecule has 0 aromatic heterocycles. The van der Waals surface area contributed by atoms with E-state index >= 15 is 0 Å². The molecule has 0 atom stereocenters. The van der Waals surface area contributed by atoms with Crippen LogP contribution in [0.15, 0.2) is 48.5 Å². The van der Waals surface area contributed by atoms with Gasteiger partial charge in [0, 0.05) is 36.9 Å². The van der Waals surface area contributed by atoms with E-state index in [4.69, 9.17) is 23.8 Å². The number of anilines is 1. The van der Waals surface area contributed by atoms with Gasteiger partial charge in [-0.3, -0.25) is 4.79 Å². The summed E-state index contributed by atoms with van der Waals surface area (Å²) in [5.41, 5.74) is 2.43. The Morgan fingerprint density at radius 2 is 1.78 bits per heavy atom. The molecule has 2 aromatic rings. The van der Waals surface area contributed by atoms with Crippen molar-refractivity contribution in [2.45, 2.75) is 6.54 Å². The number of nitrogens with zero attached hydrogens (tertiary/aromatic N) is 1. The fourth-order valence-electron chi connectivity index (χ4n) is 1.95. The Balaban J connectivity index is 1.90. The monoisotopic (exact) mass is 347 g/mol. The molecule has 0 saturated carbocycles. The highest BCUT2D eigenvalue weighted by molar-refractivity contribution is 7.80. The normalized spacial score (nSPS) is 10.0. The van der Waals surface area contributed by atoms with Crippen molar-refractivity contribution in [3.8, 4) is 0 Å². The fraction of sp³-hybridized carbons (Fsp3) is 0.176. The van der Waals surface area contributed by atoms with Crippen molar-refractivity contribution < 1.29 is 4.79 Å². The van der Waals surface area contributed by atoms with Gasteiger partial charge in [0.05, 0.1) is 0 Å². The van der Waals surface area contributed by atoms with E-state index in [9.17, 15) is 4.79 Å². The number of halogens is 1. The summed E-state index contributed by atoms with van der Waals surface area (Å²) in [6.45, 7) is 0.544. The second kappa shape index (κ2) is 7.94. The Labute approximate surface area is 146 Å². The van der Waals surface area contributed by atoms with Crippen molar-refractivity contribution in [2.24, 2.45) is 0 Å². The third-order valence-electron chi connectivity index (χ3n) is 3.19. The van der Waals surface area contributed by atoms with E-state index in [1.807, 2.05) is 36.4 Å². The number of rotatable bonds is 4. The molecule has 0 unspecified atom stereocenters. The molecule has 2 rings (SSSR count). The molecule has 0 radical (unpaired) electrons. The Kier molecular flexibility index (Phi) is 5.96. The summed E-state index contributed by atoms with van der Waals surface area (Å²) in [6, 6.07) is 14.8. The molecule has 2 N–H and O–H groups in total. The highest BCUT2D eigenvalue weighted by Gasteiger charge is 2.07. The molecule has 0 aliphatic carbocycles. The average Bonchev–Trinajstić information content (AvgIpc) is 2.54. The van der Waals surface area contributed by atoms with Crippen molar-refractivity contribution in [3.05, 3.63) is 64.7 Å². The highest BCUT2D eigenvalue weighted by atomic mass is 35.5. The fourth-order valence-corrected chi connectivity index (χ4v) is 2.34. The molecule has 2 aromatic carbocycles. The largest absolute Gasteiger partial charge is 0.358 e. The van der Waals surface area contributed by atoms with E-state index in [0.717, 1.165) is 11.3 Å². The zero-order chi connectivity index (χ0) is 16.8. The zero-order valence-electron chi connectivity index (χ0n) is 13.0.